The maximum atomic E-state index is 12.0. The molecule has 0 unspecified atom stereocenters. The van der Waals surface area contributed by atoms with E-state index >= 15 is 0 Å². The SMILES string of the molecule is C=CCC.C=CCS(=O)(=O)C(=C)c1cccnc1NCCNC.CC. The highest BCUT2D eigenvalue weighted by molar-refractivity contribution is 8.00. The Labute approximate surface area is 153 Å². The molecule has 0 bridgehead atoms. The average Bonchev–Trinajstić information content (AvgIpc) is 2.63. The van der Waals surface area contributed by atoms with E-state index in [-0.39, 0.29) is 10.7 Å². The molecule has 6 heteroatoms. The summed E-state index contributed by atoms with van der Waals surface area (Å²) in [5.41, 5.74) is 0.500. The smallest absolute Gasteiger partial charge is 0.182 e. The molecule has 0 aromatic carbocycles. The van der Waals surface area contributed by atoms with Crippen LogP contribution >= 0.6 is 0 Å². The van der Waals surface area contributed by atoms with Crippen molar-refractivity contribution in [3.63, 3.8) is 0 Å². The third-order valence-electron chi connectivity index (χ3n) is 2.78. The maximum Gasteiger partial charge on any atom is 0.182 e. The van der Waals surface area contributed by atoms with Crippen LogP contribution in [0.15, 0.2) is 50.2 Å². The highest BCUT2D eigenvalue weighted by atomic mass is 32.2. The second-order valence-electron chi connectivity index (χ2n) is 4.62. The van der Waals surface area contributed by atoms with Crippen molar-refractivity contribution in [2.24, 2.45) is 0 Å². The van der Waals surface area contributed by atoms with E-state index in [4.69, 9.17) is 0 Å². The van der Waals surface area contributed by atoms with Crippen LogP contribution in [0.1, 0.15) is 32.8 Å². The van der Waals surface area contributed by atoms with Crippen LogP contribution in [-0.4, -0.2) is 39.3 Å². The van der Waals surface area contributed by atoms with Crippen LogP contribution in [0.4, 0.5) is 5.82 Å². The van der Waals surface area contributed by atoms with Crippen LogP contribution < -0.4 is 10.6 Å². The van der Waals surface area contributed by atoms with E-state index in [1.54, 1.807) is 18.3 Å². The van der Waals surface area contributed by atoms with E-state index in [1.807, 2.05) is 27.0 Å². The molecule has 0 aliphatic heterocycles. The number of aromatic nitrogens is 1. The Morgan fingerprint density at radius 3 is 2.32 bits per heavy atom. The van der Waals surface area contributed by atoms with Gasteiger partial charge in [0.05, 0.1) is 10.7 Å². The molecule has 1 aromatic rings. The Bertz CT molecular complexity index is 611. The Morgan fingerprint density at radius 1 is 1.24 bits per heavy atom. The molecule has 1 aromatic heterocycles. The molecular weight excluding hydrogens is 334 g/mol. The van der Waals surface area contributed by atoms with Gasteiger partial charge >= 0.3 is 0 Å². The average molecular weight is 368 g/mol. The number of hydrogen-bond donors (Lipinski definition) is 2. The number of pyridine rings is 1. The molecule has 2 N–H and O–H groups in total. The molecule has 142 valence electrons. The summed E-state index contributed by atoms with van der Waals surface area (Å²) < 4.78 is 23.9. The predicted molar refractivity (Wildman–Crippen MR) is 112 cm³/mol. The van der Waals surface area contributed by atoms with Crippen molar-refractivity contribution in [2.75, 3.05) is 31.2 Å². The molecule has 0 saturated carbocycles. The van der Waals surface area contributed by atoms with Crippen LogP contribution in [0.25, 0.3) is 4.91 Å². The zero-order valence-electron chi connectivity index (χ0n) is 16.0. The lowest BCUT2D eigenvalue weighted by Gasteiger charge is -2.12. The fourth-order valence-electron chi connectivity index (χ4n) is 1.50. The minimum absolute atomic E-state index is 0.0625. The first-order chi connectivity index (χ1) is 11.9. The lowest BCUT2D eigenvalue weighted by Crippen LogP contribution is -2.19. The number of anilines is 1. The fraction of sp³-hybridized carbons (Fsp3) is 0.421. The van der Waals surface area contributed by atoms with Gasteiger partial charge in [0.15, 0.2) is 9.84 Å². The molecule has 0 saturated heterocycles. The first-order valence-corrected chi connectivity index (χ1v) is 10.1. The molecule has 1 heterocycles. The largest absolute Gasteiger partial charge is 0.368 e. The number of likely N-dealkylation sites (N-methyl/N-ethyl adjacent to an activating group) is 1. The predicted octanol–water partition coefficient (Wildman–Crippen LogP) is 3.89. The van der Waals surface area contributed by atoms with Gasteiger partial charge in [-0.05, 0) is 25.6 Å². The van der Waals surface area contributed by atoms with Gasteiger partial charge in [0.2, 0.25) is 0 Å². The molecule has 0 radical (unpaired) electrons. The quantitative estimate of drug-likeness (QED) is 0.512. The van der Waals surface area contributed by atoms with Crippen LogP contribution in [0.5, 0.6) is 0 Å². The first kappa shape index (κ1) is 25.3. The number of nitrogens with one attached hydrogen (secondary N) is 2. The van der Waals surface area contributed by atoms with Gasteiger partial charge in [-0.2, -0.15) is 0 Å². The Morgan fingerprint density at radius 2 is 1.84 bits per heavy atom. The van der Waals surface area contributed by atoms with Crippen molar-refractivity contribution < 1.29 is 8.42 Å². The number of rotatable bonds is 9. The van der Waals surface area contributed by atoms with E-state index in [0.29, 0.717) is 17.9 Å². The van der Waals surface area contributed by atoms with Gasteiger partial charge in [0, 0.05) is 24.8 Å². The molecule has 5 nitrogen and oxygen atoms in total. The van der Waals surface area contributed by atoms with E-state index in [0.717, 1.165) is 13.0 Å². The molecule has 0 amide bonds. The second kappa shape index (κ2) is 15.6. The summed E-state index contributed by atoms with van der Waals surface area (Å²) in [5, 5.41) is 6.08. The van der Waals surface area contributed by atoms with Gasteiger partial charge in [0.25, 0.3) is 0 Å². The van der Waals surface area contributed by atoms with Crippen LogP contribution in [0.2, 0.25) is 0 Å². The highest BCUT2D eigenvalue weighted by Crippen LogP contribution is 2.25. The summed E-state index contributed by atoms with van der Waals surface area (Å²) in [6, 6.07) is 3.38. The normalized spacial score (nSPS) is 9.60. The van der Waals surface area contributed by atoms with E-state index in [1.165, 1.54) is 6.08 Å². The highest BCUT2D eigenvalue weighted by Gasteiger charge is 2.18. The van der Waals surface area contributed by atoms with E-state index in [9.17, 15) is 8.42 Å². The number of nitrogens with zero attached hydrogens (tertiary/aromatic N) is 1. The first-order valence-electron chi connectivity index (χ1n) is 8.41. The Balaban J connectivity index is 0. The Hall–Kier alpha value is -1.92. The molecule has 1 rings (SSSR count). The third-order valence-corrected chi connectivity index (χ3v) is 4.42. The summed E-state index contributed by atoms with van der Waals surface area (Å²) in [6.07, 6.45) is 5.92. The number of allylic oxidation sites excluding steroid dienone is 1. The van der Waals surface area contributed by atoms with Crippen LogP contribution in [-0.2, 0) is 9.84 Å². The molecule has 0 atom stereocenters. The van der Waals surface area contributed by atoms with Gasteiger partial charge in [-0.3, -0.25) is 0 Å². The minimum Gasteiger partial charge on any atom is -0.368 e. The second-order valence-corrected chi connectivity index (χ2v) is 6.68. The van der Waals surface area contributed by atoms with Gasteiger partial charge in [-0.25, -0.2) is 13.4 Å². The monoisotopic (exact) mass is 367 g/mol. The molecular formula is C19H33N3O2S. The lowest BCUT2D eigenvalue weighted by molar-refractivity contribution is 0.608. The summed E-state index contributed by atoms with van der Waals surface area (Å²) in [6.45, 7) is 18.1. The van der Waals surface area contributed by atoms with Crippen molar-refractivity contribution in [1.29, 1.82) is 0 Å². The van der Waals surface area contributed by atoms with Gasteiger partial charge in [-0.1, -0.05) is 39.5 Å². The van der Waals surface area contributed by atoms with Crippen LogP contribution in [0, 0.1) is 0 Å². The molecule has 0 spiro atoms. The summed E-state index contributed by atoms with van der Waals surface area (Å²) in [7, 11) is -1.58. The number of hydrogen-bond acceptors (Lipinski definition) is 5. The minimum atomic E-state index is -3.42. The topological polar surface area (TPSA) is 71.1 Å². The summed E-state index contributed by atoms with van der Waals surface area (Å²) >= 11 is 0. The summed E-state index contributed by atoms with van der Waals surface area (Å²) in [5.74, 6) is 0.395. The standard InChI is InChI=1S/C13H19N3O2S.C4H8.C2H6/c1-4-10-19(17,18)11(2)12-6-5-7-15-13(12)16-9-8-14-3;1-3-4-2;1-2/h4-7,14H,1-2,8-10H2,3H3,(H,15,16);3H,1,4H2,2H3;1-2H3. The van der Waals surface area contributed by atoms with E-state index < -0.39 is 9.84 Å². The van der Waals surface area contributed by atoms with Gasteiger partial charge in [-0.15, -0.1) is 13.2 Å². The zero-order chi connectivity index (χ0) is 19.7. The molecule has 0 aliphatic carbocycles. The molecule has 25 heavy (non-hydrogen) atoms. The van der Waals surface area contributed by atoms with Crippen molar-refractivity contribution in [3.05, 3.63) is 55.8 Å². The van der Waals surface area contributed by atoms with Crippen molar-refractivity contribution in [2.45, 2.75) is 27.2 Å². The lowest BCUT2D eigenvalue weighted by atomic mass is 10.2. The summed E-state index contributed by atoms with van der Waals surface area (Å²) in [4.78, 5) is 4.22. The Kier molecular flexibility index (Phi) is 15.8. The van der Waals surface area contributed by atoms with Crippen molar-refractivity contribution >= 4 is 20.6 Å². The van der Waals surface area contributed by atoms with Gasteiger partial charge in [0.1, 0.15) is 5.82 Å². The third kappa shape index (κ3) is 10.5. The molecule has 0 fully saturated rings. The van der Waals surface area contributed by atoms with Crippen molar-refractivity contribution in [1.82, 2.24) is 10.3 Å². The number of sulfone groups is 1. The molecule has 0 aliphatic rings. The van der Waals surface area contributed by atoms with Gasteiger partial charge < -0.3 is 10.6 Å². The van der Waals surface area contributed by atoms with E-state index in [2.05, 4.69) is 42.3 Å². The zero-order valence-corrected chi connectivity index (χ0v) is 16.8. The van der Waals surface area contributed by atoms with Crippen molar-refractivity contribution in [3.8, 4) is 0 Å². The fourth-order valence-corrected chi connectivity index (χ4v) is 2.51. The maximum absolute atomic E-state index is 12.0. The van der Waals surface area contributed by atoms with Crippen LogP contribution in [0.3, 0.4) is 0 Å².